The Bertz CT molecular complexity index is 1690. The molecular formula is C26H19F6N3O4S. The maximum absolute atomic E-state index is 13.4. The van der Waals surface area contributed by atoms with Gasteiger partial charge in [0.2, 0.25) is 10.0 Å². The minimum Gasteiger partial charge on any atom is -0.354 e. The van der Waals surface area contributed by atoms with Crippen LogP contribution < -0.4 is 4.72 Å². The fraction of sp³-hybridized carbons (Fsp3) is 0.154. The van der Waals surface area contributed by atoms with Crippen LogP contribution in [0.2, 0.25) is 0 Å². The third-order valence-corrected chi connectivity index (χ3v) is 7.58. The minimum atomic E-state index is -5.06. The molecule has 7 nitrogen and oxygen atoms in total. The lowest BCUT2D eigenvalue weighted by molar-refractivity contribution is -0.387. The van der Waals surface area contributed by atoms with E-state index in [9.17, 15) is 44.9 Å². The number of aromatic amines is 1. The second-order valence-electron chi connectivity index (χ2n) is 8.67. The van der Waals surface area contributed by atoms with Crippen LogP contribution in [0.3, 0.4) is 0 Å². The molecule has 1 heterocycles. The van der Waals surface area contributed by atoms with E-state index in [1.165, 1.54) is 12.1 Å². The number of nitrogens with zero attached hydrogens (tertiary/aromatic N) is 1. The molecule has 0 saturated heterocycles. The molecule has 0 amide bonds. The molecular weight excluding hydrogens is 564 g/mol. The first kappa shape index (κ1) is 28.8. The van der Waals surface area contributed by atoms with Crippen LogP contribution >= 0.6 is 0 Å². The van der Waals surface area contributed by atoms with E-state index in [0.29, 0.717) is 28.6 Å². The Morgan fingerprint density at radius 2 is 1.50 bits per heavy atom. The predicted octanol–water partition coefficient (Wildman–Crippen LogP) is 6.70. The average molecular weight is 584 g/mol. The summed E-state index contributed by atoms with van der Waals surface area (Å²) in [6.07, 6.45) is -10.2. The monoisotopic (exact) mass is 583 g/mol. The maximum atomic E-state index is 13.4. The van der Waals surface area contributed by atoms with Crippen LogP contribution in [-0.2, 0) is 28.8 Å². The van der Waals surface area contributed by atoms with Crippen molar-refractivity contribution in [3.05, 3.63) is 111 Å². The lowest BCUT2D eigenvalue weighted by Crippen LogP contribution is -2.26. The van der Waals surface area contributed by atoms with Gasteiger partial charge in [0.15, 0.2) is 4.90 Å². The first-order valence-electron chi connectivity index (χ1n) is 11.4. The van der Waals surface area contributed by atoms with Crippen LogP contribution in [0, 0.1) is 10.1 Å². The Morgan fingerprint density at radius 3 is 2.10 bits per heavy atom. The third-order valence-electron chi connectivity index (χ3n) is 6.07. The Morgan fingerprint density at radius 1 is 0.925 bits per heavy atom. The molecule has 0 saturated carbocycles. The molecule has 2 N–H and O–H groups in total. The van der Waals surface area contributed by atoms with Gasteiger partial charge in [0.1, 0.15) is 0 Å². The largest absolute Gasteiger partial charge is 0.416 e. The first-order valence-corrected chi connectivity index (χ1v) is 12.9. The zero-order valence-electron chi connectivity index (χ0n) is 20.2. The Hall–Kier alpha value is -4.17. The van der Waals surface area contributed by atoms with Gasteiger partial charge < -0.3 is 4.98 Å². The molecule has 0 radical (unpaired) electrons. The first-order chi connectivity index (χ1) is 18.6. The van der Waals surface area contributed by atoms with Gasteiger partial charge in [-0.3, -0.25) is 10.1 Å². The van der Waals surface area contributed by atoms with E-state index in [1.807, 2.05) is 0 Å². The minimum absolute atomic E-state index is 0.0143. The Balaban J connectivity index is 1.72. The number of para-hydroxylation sites is 2. The van der Waals surface area contributed by atoms with Crippen molar-refractivity contribution in [2.24, 2.45) is 0 Å². The van der Waals surface area contributed by atoms with E-state index >= 15 is 0 Å². The molecule has 0 aliphatic carbocycles. The summed E-state index contributed by atoms with van der Waals surface area (Å²) in [5, 5.41) is 11.8. The number of aromatic nitrogens is 1. The zero-order valence-corrected chi connectivity index (χ0v) is 21.0. The van der Waals surface area contributed by atoms with Gasteiger partial charge in [-0.25, -0.2) is 13.1 Å². The van der Waals surface area contributed by atoms with Crippen LogP contribution in [0.15, 0.2) is 78.2 Å². The number of nitro benzene ring substituents is 1. The van der Waals surface area contributed by atoms with Gasteiger partial charge in [-0.2, -0.15) is 26.3 Å². The summed E-state index contributed by atoms with van der Waals surface area (Å²) in [4.78, 5) is 12.8. The van der Waals surface area contributed by atoms with E-state index in [2.05, 4.69) is 16.3 Å². The van der Waals surface area contributed by atoms with Crippen LogP contribution in [-0.4, -0.2) is 24.9 Å². The van der Waals surface area contributed by atoms with Crippen molar-refractivity contribution in [1.82, 2.24) is 9.71 Å². The van der Waals surface area contributed by atoms with Crippen molar-refractivity contribution >= 4 is 32.2 Å². The quantitative estimate of drug-likeness (QED) is 0.137. The van der Waals surface area contributed by atoms with Crippen molar-refractivity contribution in [3.8, 4) is 0 Å². The maximum Gasteiger partial charge on any atom is 0.416 e. The van der Waals surface area contributed by atoms with Crippen LogP contribution in [0.5, 0.6) is 0 Å². The van der Waals surface area contributed by atoms with E-state index in [4.69, 9.17) is 0 Å². The third kappa shape index (κ3) is 5.87. The van der Waals surface area contributed by atoms with Crippen LogP contribution in [0.1, 0.15) is 27.9 Å². The number of fused-ring (bicyclic) bond motifs is 1. The van der Waals surface area contributed by atoms with Crippen molar-refractivity contribution in [2.45, 2.75) is 23.7 Å². The fourth-order valence-electron chi connectivity index (χ4n) is 4.21. The summed E-state index contributed by atoms with van der Waals surface area (Å²) in [6, 6.07) is 12.4. The molecule has 40 heavy (non-hydrogen) atoms. The molecule has 1 aromatic heterocycles. The van der Waals surface area contributed by atoms with Crippen molar-refractivity contribution in [2.75, 3.05) is 6.54 Å². The zero-order chi connectivity index (χ0) is 29.5. The summed E-state index contributed by atoms with van der Waals surface area (Å²) >= 11 is 0. The highest BCUT2D eigenvalue weighted by Gasteiger charge is 2.37. The van der Waals surface area contributed by atoms with E-state index in [-0.39, 0.29) is 30.3 Å². The van der Waals surface area contributed by atoms with Gasteiger partial charge >= 0.3 is 12.4 Å². The van der Waals surface area contributed by atoms with Crippen molar-refractivity contribution in [3.63, 3.8) is 0 Å². The van der Waals surface area contributed by atoms with Gasteiger partial charge in [0.25, 0.3) is 5.69 Å². The molecule has 0 fully saturated rings. The normalized spacial score (nSPS) is 12.6. The number of H-pyrrole nitrogens is 1. The molecule has 0 atom stereocenters. The molecule has 0 bridgehead atoms. The average Bonchev–Trinajstić information content (AvgIpc) is 3.25. The second-order valence-corrected chi connectivity index (χ2v) is 10.4. The number of nitrogens with one attached hydrogen (secondary N) is 2. The summed E-state index contributed by atoms with van der Waals surface area (Å²) in [6.45, 7) is 3.45. The number of rotatable bonds is 8. The van der Waals surface area contributed by atoms with Gasteiger partial charge in [0, 0.05) is 29.2 Å². The Labute approximate surface area is 223 Å². The lowest BCUT2D eigenvalue weighted by Gasteiger charge is -2.16. The fourth-order valence-corrected chi connectivity index (χ4v) is 5.42. The van der Waals surface area contributed by atoms with E-state index < -0.39 is 54.6 Å². The summed E-state index contributed by atoms with van der Waals surface area (Å²) in [7, 11) is -4.35. The summed E-state index contributed by atoms with van der Waals surface area (Å²) < 4.78 is 108. The molecule has 0 unspecified atom stereocenters. The predicted molar refractivity (Wildman–Crippen MR) is 135 cm³/mol. The van der Waals surface area contributed by atoms with E-state index in [0.717, 1.165) is 12.1 Å². The SMILES string of the molecule is C=C(c1cc(C(F)(F)F)cc(C(F)(F)F)c1)c1[nH]c2ccccc2c1CCNS(=O)(=O)c1ccccc1[N+](=O)[O-]. The number of nitro groups is 1. The van der Waals surface area contributed by atoms with Gasteiger partial charge in [-0.15, -0.1) is 0 Å². The molecule has 4 aromatic rings. The number of benzene rings is 3. The number of sulfonamides is 1. The van der Waals surface area contributed by atoms with Crippen molar-refractivity contribution < 1.29 is 39.7 Å². The second kappa shape index (κ2) is 10.4. The topological polar surface area (TPSA) is 105 Å². The standard InChI is InChI=1S/C26H19F6N3O4S/c1-15(16-12-17(25(27,28)29)14-18(13-16)26(30,31)32)24-20(19-6-2-3-7-21(19)34-24)10-11-33-40(38,39)23-9-5-4-8-22(23)35(36)37/h2-9,12-14,33-34H,1,10-11H2. The molecule has 4 rings (SSSR count). The Kier molecular flexibility index (Phi) is 7.51. The van der Waals surface area contributed by atoms with Crippen molar-refractivity contribution in [1.29, 1.82) is 0 Å². The smallest absolute Gasteiger partial charge is 0.354 e. The molecule has 0 aliphatic rings. The molecule has 0 spiro atoms. The highest BCUT2D eigenvalue weighted by molar-refractivity contribution is 7.89. The number of halogens is 6. The molecule has 14 heteroatoms. The van der Waals surface area contributed by atoms with Crippen LogP contribution in [0.25, 0.3) is 16.5 Å². The van der Waals surface area contributed by atoms with Gasteiger partial charge in [-0.05, 0) is 53.5 Å². The summed E-state index contributed by atoms with van der Waals surface area (Å²) in [5.74, 6) is 0. The highest BCUT2D eigenvalue weighted by atomic mass is 32.2. The summed E-state index contributed by atoms with van der Waals surface area (Å²) in [5.41, 5.74) is -3.30. The van der Waals surface area contributed by atoms with E-state index in [1.54, 1.807) is 24.3 Å². The number of hydrogen-bond acceptors (Lipinski definition) is 4. The molecule has 0 aliphatic heterocycles. The van der Waals surface area contributed by atoms with Crippen LogP contribution in [0.4, 0.5) is 32.0 Å². The highest BCUT2D eigenvalue weighted by Crippen LogP contribution is 2.39. The van der Waals surface area contributed by atoms with Gasteiger partial charge in [0.05, 0.1) is 16.1 Å². The van der Waals surface area contributed by atoms with Gasteiger partial charge in [-0.1, -0.05) is 36.9 Å². The lowest BCUT2D eigenvalue weighted by atomic mass is 9.95. The molecule has 3 aromatic carbocycles. The molecule has 210 valence electrons. The number of alkyl halides is 6. The number of hydrogen-bond donors (Lipinski definition) is 2.